The maximum atomic E-state index is 6.81. The van der Waals surface area contributed by atoms with Gasteiger partial charge in [0.15, 0.2) is 16.6 Å². The Morgan fingerprint density at radius 3 is 1.61 bits per heavy atom. The SMILES string of the molecule is C=P(CCCCCCCC[Si](C)(C)O[Si](C)(C)C[Si](C)(C)C)(OCC)OCC. The fraction of sp³-hybridized carbons (Fsp3) is 0.952. The Morgan fingerprint density at radius 2 is 1.14 bits per heavy atom. The van der Waals surface area contributed by atoms with Gasteiger partial charge < -0.3 is 13.2 Å². The molecule has 0 bridgehead atoms. The third-order valence-corrected chi connectivity index (χ3v) is 20.8. The molecule has 0 aromatic carbocycles. The first-order valence-electron chi connectivity index (χ1n) is 11.5. The Bertz CT molecular complexity index is 452. The summed E-state index contributed by atoms with van der Waals surface area (Å²) >= 11 is 0. The second-order valence-electron chi connectivity index (χ2n) is 10.6. The van der Waals surface area contributed by atoms with Gasteiger partial charge in [-0.1, -0.05) is 58.0 Å². The summed E-state index contributed by atoms with van der Waals surface area (Å²) in [5.41, 5.74) is 1.39. The van der Waals surface area contributed by atoms with Crippen LogP contribution in [0.15, 0.2) is 0 Å². The van der Waals surface area contributed by atoms with Gasteiger partial charge in [-0.3, -0.25) is 0 Å². The van der Waals surface area contributed by atoms with E-state index in [1.807, 2.05) is 13.8 Å². The van der Waals surface area contributed by atoms with Crippen LogP contribution in [-0.2, 0) is 13.2 Å². The highest BCUT2D eigenvalue weighted by Gasteiger charge is 2.36. The molecule has 0 aliphatic heterocycles. The summed E-state index contributed by atoms with van der Waals surface area (Å²) in [7, 11) is -5.88. The first-order chi connectivity index (χ1) is 12.7. The lowest BCUT2D eigenvalue weighted by Gasteiger charge is -2.37. The summed E-state index contributed by atoms with van der Waals surface area (Å²) in [6, 6.07) is 1.32. The predicted molar refractivity (Wildman–Crippen MR) is 139 cm³/mol. The summed E-state index contributed by atoms with van der Waals surface area (Å²) in [6.45, 7) is 22.6. The normalized spacial score (nSPS) is 13.9. The molecule has 7 heteroatoms. The molecule has 0 N–H and O–H groups in total. The fourth-order valence-corrected chi connectivity index (χ4v) is 25.0. The molecule has 0 aromatic heterocycles. The highest BCUT2D eigenvalue weighted by Crippen LogP contribution is 2.48. The van der Waals surface area contributed by atoms with Crippen molar-refractivity contribution in [3.05, 3.63) is 0 Å². The quantitative estimate of drug-likeness (QED) is 0.123. The molecule has 3 nitrogen and oxygen atoms in total. The Labute approximate surface area is 180 Å². The standard InChI is InChI=1S/C21H51O3PSi3/c1-11-22-25(3,23-12-2)19-17-15-13-14-16-18-20-27(7,8)24-28(9,10)21-26(4,5)6/h3,11-21H2,1-2,4-10H3. The first-order valence-corrected chi connectivity index (χ1v) is 23.4. The van der Waals surface area contributed by atoms with Gasteiger partial charge in [0.1, 0.15) is 7.34 Å². The van der Waals surface area contributed by atoms with Gasteiger partial charge in [0.05, 0.1) is 13.2 Å². The molecule has 0 aromatic rings. The lowest BCUT2D eigenvalue weighted by Crippen LogP contribution is -2.48. The van der Waals surface area contributed by atoms with Crippen LogP contribution >= 0.6 is 7.34 Å². The zero-order chi connectivity index (χ0) is 21.9. The minimum atomic E-state index is -1.84. The highest BCUT2D eigenvalue weighted by molar-refractivity contribution is 7.64. The third-order valence-electron chi connectivity index (χ3n) is 4.77. The average molecular weight is 467 g/mol. The van der Waals surface area contributed by atoms with Gasteiger partial charge in [0, 0.05) is 14.2 Å². The van der Waals surface area contributed by atoms with Gasteiger partial charge in [0.25, 0.3) is 0 Å². The smallest absolute Gasteiger partial charge is 0.173 e. The molecule has 0 saturated heterocycles. The molecule has 0 aliphatic rings. The first kappa shape index (κ1) is 28.8. The van der Waals surface area contributed by atoms with Crippen molar-refractivity contribution in [1.29, 1.82) is 0 Å². The van der Waals surface area contributed by atoms with E-state index < -0.39 is 32.0 Å². The molecule has 0 radical (unpaired) electrons. The molecule has 0 atom stereocenters. The van der Waals surface area contributed by atoms with Crippen molar-refractivity contribution in [3.63, 3.8) is 0 Å². The lowest BCUT2D eigenvalue weighted by atomic mass is 10.1. The van der Waals surface area contributed by atoms with E-state index in [1.165, 1.54) is 50.2 Å². The Hall–Kier alpha value is 0.831. The van der Waals surface area contributed by atoms with Crippen LogP contribution in [0.2, 0.25) is 57.5 Å². The zero-order valence-electron chi connectivity index (χ0n) is 20.7. The van der Waals surface area contributed by atoms with E-state index in [0.717, 1.165) is 6.16 Å². The fourth-order valence-electron chi connectivity index (χ4n) is 4.36. The minimum Gasteiger partial charge on any atom is -0.456 e. The van der Waals surface area contributed by atoms with E-state index in [0.29, 0.717) is 13.2 Å². The van der Waals surface area contributed by atoms with Crippen molar-refractivity contribution < 1.29 is 13.2 Å². The molecular formula is C21H51O3PSi3. The second kappa shape index (κ2) is 13.3. The van der Waals surface area contributed by atoms with Gasteiger partial charge >= 0.3 is 0 Å². The third kappa shape index (κ3) is 15.6. The van der Waals surface area contributed by atoms with Crippen LogP contribution < -0.4 is 0 Å². The molecule has 0 rings (SSSR count). The number of unbranched alkanes of at least 4 members (excludes halogenated alkanes) is 5. The number of rotatable bonds is 17. The molecule has 0 heterocycles. The molecule has 0 aliphatic carbocycles. The van der Waals surface area contributed by atoms with Gasteiger partial charge in [-0.25, -0.2) is 0 Å². The Balaban J connectivity index is 3.99. The summed E-state index contributed by atoms with van der Waals surface area (Å²) < 4.78 is 18.4. The van der Waals surface area contributed by atoms with Crippen LogP contribution in [0.4, 0.5) is 0 Å². The van der Waals surface area contributed by atoms with E-state index >= 15 is 0 Å². The summed E-state index contributed by atoms with van der Waals surface area (Å²) in [6.07, 6.45) is 13.0. The van der Waals surface area contributed by atoms with Crippen LogP contribution in [0.1, 0.15) is 52.4 Å². The van der Waals surface area contributed by atoms with E-state index in [1.54, 1.807) is 0 Å². The number of hydrogen-bond acceptors (Lipinski definition) is 3. The Morgan fingerprint density at radius 1 is 0.679 bits per heavy atom. The predicted octanol–water partition coefficient (Wildman–Crippen LogP) is 7.98. The van der Waals surface area contributed by atoms with Crippen LogP contribution in [-0.4, -0.2) is 50.4 Å². The van der Waals surface area contributed by atoms with E-state index in [2.05, 4.69) is 52.1 Å². The monoisotopic (exact) mass is 466 g/mol. The average Bonchev–Trinajstić information content (AvgIpc) is 2.46. The van der Waals surface area contributed by atoms with Crippen molar-refractivity contribution in [1.82, 2.24) is 0 Å². The van der Waals surface area contributed by atoms with Crippen LogP contribution in [0.5, 0.6) is 0 Å². The highest BCUT2D eigenvalue weighted by atomic mass is 31.2. The maximum absolute atomic E-state index is 6.81. The second-order valence-corrected chi connectivity index (χ2v) is 28.1. The molecule has 28 heavy (non-hydrogen) atoms. The molecule has 0 saturated carbocycles. The largest absolute Gasteiger partial charge is 0.456 e. The Kier molecular flexibility index (Phi) is 13.7. The van der Waals surface area contributed by atoms with Gasteiger partial charge in [-0.05, 0) is 58.2 Å². The van der Waals surface area contributed by atoms with Crippen molar-refractivity contribution in [2.45, 2.75) is 110 Å². The van der Waals surface area contributed by atoms with Gasteiger partial charge in [-0.2, -0.15) is 0 Å². The summed E-state index contributed by atoms with van der Waals surface area (Å²) in [5, 5.41) is 0. The minimum absolute atomic E-state index is 0.705. The number of hydrogen-bond donors (Lipinski definition) is 0. The van der Waals surface area contributed by atoms with Crippen LogP contribution in [0, 0.1) is 0 Å². The zero-order valence-corrected chi connectivity index (χ0v) is 24.6. The molecule has 0 amide bonds. The van der Waals surface area contributed by atoms with E-state index in [-0.39, 0.29) is 0 Å². The topological polar surface area (TPSA) is 27.7 Å². The van der Waals surface area contributed by atoms with Crippen molar-refractivity contribution in [2.75, 3.05) is 19.4 Å². The maximum Gasteiger partial charge on any atom is 0.173 e. The van der Waals surface area contributed by atoms with E-state index in [9.17, 15) is 0 Å². The summed E-state index contributed by atoms with van der Waals surface area (Å²) in [5.74, 6) is 0. The van der Waals surface area contributed by atoms with E-state index in [4.69, 9.17) is 13.2 Å². The van der Waals surface area contributed by atoms with Gasteiger partial charge in [-0.15, -0.1) is 0 Å². The molecule has 170 valence electrons. The van der Waals surface area contributed by atoms with Crippen molar-refractivity contribution in [2.24, 2.45) is 0 Å². The molecule has 0 unspecified atom stereocenters. The summed E-state index contributed by atoms with van der Waals surface area (Å²) in [4.78, 5) is 0. The van der Waals surface area contributed by atoms with Crippen molar-refractivity contribution >= 4 is 38.3 Å². The van der Waals surface area contributed by atoms with Crippen molar-refractivity contribution in [3.8, 4) is 0 Å². The molecular weight excluding hydrogens is 415 g/mol. The van der Waals surface area contributed by atoms with Gasteiger partial charge in [0.2, 0.25) is 0 Å². The lowest BCUT2D eigenvalue weighted by molar-refractivity contribution is 0.264. The molecule has 0 fully saturated rings. The van der Waals surface area contributed by atoms with Crippen LogP contribution in [0.25, 0.3) is 0 Å². The van der Waals surface area contributed by atoms with Crippen LogP contribution in [0.3, 0.4) is 0 Å². The molecule has 0 spiro atoms.